The van der Waals surface area contributed by atoms with E-state index in [-0.39, 0.29) is 11.7 Å². The van der Waals surface area contributed by atoms with E-state index < -0.39 is 5.97 Å². The van der Waals surface area contributed by atoms with E-state index in [0.29, 0.717) is 46.4 Å². The van der Waals surface area contributed by atoms with Crippen LogP contribution in [0.25, 0.3) is 0 Å². The second kappa shape index (κ2) is 12.4. The molecular weight excluding hydrogens is 456 g/mol. The second-order valence-electron chi connectivity index (χ2n) is 7.11. The van der Waals surface area contributed by atoms with Crippen molar-refractivity contribution in [2.24, 2.45) is 5.10 Å². The van der Waals surface area contributed by atoms with E-state index in [1.54, 1.807) is 66.7 Å². The third-order valence-corrected chi connectivity index (χ3v) is 4.73. The highest BCUT2D eigenvalue weighted by Crippen LogP contribution is 2.29. The normalized spacial score (nSPS) is 10.7. The van der Waals surface area contributed by atoms with Gasteiger partial charge in [0.1, 0.15) is 5.75 Å². The van der Waals surface area contributed by atoms with Crippen LogP contribution >= 0.6 is 11.6 Å². The van der Waals surface area contributed by atoms with Crippen LogP contribution in [0.3, 0.4) is 0 Å². The van der Waals surface area contributed by atoms with Gasteiger partial charge in [0.2, 0.25) is 0 Å². The van der Waals surface area contributed by atoms with Gasteiger partial charge in [0.15, 0.2) is 11.5 Å². The van der Waals surface area contributed by atoms with Gasteiger partial charge in [0, 0.05) is 10.6 Å². The van der Waals surface area contributed by atoms with Crippen molar-refractivity contribution in [3.05, 3.63) is 88.4 Å². The Kier molecular flexibility index (Phi) is 9.05. The van der Waals surface area contributed by atoms with Crippen LogP contribution in [0.2, 0.25) is 5.02 Å². The van der Waals surface area contributed by atoms with E-state index >= 15 is 0 Å². The Bertz CT molecular complexity index is 1160. The average Bonchev–Trinajstić information content (AvgIpc) is 2.84. The van der Waals surface area contributed by atoms with E-state index in [1.807, 2.05) is 13.8 Å². The smallest absolute Gasteiger partial charge is 0.343 e. The average molecular weight is 481 g/mol. The van der Waals surface area contributed by atoms with Crippen molar-refractivity contribution < 1.29 is 23.8 Å². The lowest BCUT2D eigenvalue weighted by Crippen LogP contribution is -2.17. The van der Waals surface area contributed by atoms with Gasteiger partial charge in [-0.05, 0) is 79.6 Å². The highest BCUT2D eigenvalue weighted by atomic mass is 35.5. The van der Waals surface area contributed by atoms with Gasteiger partial charge >= 0.3 is 5.97 Å². The number of hydrazone groups is 1. The maximum Gasteiger partial charge on any atom is 0.343 e. The third kappa shape index (κ3) is 7.08. The molecule has 0 aliphatic rings. The fraction of sp³-hybridized carbons (Fsp3) is 0.192. The van der Waals surface area contributed by atoms with Gasteiger partial charge in [-0.15, -0.1) is 0 Å². The maximum atomic E-state index is 12.6. The van der Waals surface area contributed by atoms with Crippen molar-refractivity contribution in [1.82, 2.24) is 5.43 Å². The van der Waals surface area contributed by atoms with Gasteiger partial charge in [0.05, 0.1) is 25.0 Å². The zero-order valence-electron chi connectivity index (χ0n) is 18.9. The largest absolute Gasteiger partial charge is 0.494 e. The molecule has 3 aromatic rings. The van der Waals surface area contributed by atoms with E-state index in [2.05, 4.69) is 10.5 Å². The Labute approximate surface area is 203 Å². The highest BCUT2D eigenvalue weighted by Gasteiger charge is 2.13. The number of carbonyl (C=O) groups excluding carboxylic acids is 2. The van der Waals surface area contributed by atoms with Crippen molar-refractivity contribution in [3.63, 3.8) is 0 Å². The zero-order valence-corrected chi connectivity index (χ0v) is 19.7. The van der Waals surface area contributed by atoms with Crippen LogP contribution in [0.1, 0.15) is 46.5 Å². The third-order valence-electron chi connectivity index (χ3n) is 4.50. The van der Waals surface area contributed by atoms with Crippen LogP contribution in [-0.2, 0) is 0 Å². The molecule has 0 bridgehead atoms. The summed E-state index contributed by atoms with van der Waals surface area (Å²) >= 11 is 5.91. The van der Waals surface area contributed by atoms with Gasteiger partial charge in [-0.3, -0.25) is 4.79 Å². The van der Waals surface area contributed by atoms with Crippen molar-refractivity contribution in [2.75, 3.05) is 13.2 Å². The molecule has 0 aliphatic carbocycles. The summed E-state index contributed by atoms with van der Waals surface area (Å²) < 4.78 is 16.7. The summed E-state index contributed by atoms with van der Waals surface area (Å²) in [6, 6.07) is 18.3. The molecule has 0 atom stereocenters. The van der Waals surface area contributed by atoms with Crippen LogP contribution in [0.15, 0.2) is 71.8 Å². The summed E-state index contributed by atoms with van der Waals surface area (Å²) in [5, 5.41) is 4.44. The predicted octanol–water partition coefficient (Wildman–Crippen LogP) is 5.51. The SMILES string of the molecule is CCCOc1ccc(C(=O)Oc2ccc(/C=N\NC(=O)c3cccc(Cl)c3)cc2OCC)cc1. The molecule has 1 N–H and O–H groups in total. The minimum absolute atomic E-state index is 0.276. The molecule has 176 valence electrons. The number of rotatable bonds is 10. The molecule has 8 heteroatoms. The predicted molar refractivity (Wildman–Crippen MR) is 131 cm³/mol. The van der Waals surface area contributed by atoms with E-state index in [0.717, 1.165) is 6.42 Å². The number of ether oxygens (including phenoxy) is 3. The van der Waals surface area contributed by atoms with Crippen molar-refractivity contribution in [2.45, 2.75) is 20.3 Å². The van der Waals surface area contributed by atoms with E-state index in [1.165, 1.54) is 6.21 Å². The summed E-state index contributed by atoms with van der Waals surface area (Å²) in [4.78, 5) is 24.8. The van der Waals surface area contributed by atoms with E-state index in [4.69, 9.17) is 25.8 Å². The number of nitrogens with zero attached hydrogens (tertiary/aromatic N) is 1. The molecule has 0 heterocycles. The second-order valence-corrected chi connectivity index (χ2v) is 7.55. The number of esters is 1. The van der Waals surface area contributed by atoms with Crippen molar-refractivity contribution >= 4 is 29.7 Å². The number of benzene rings is 3. The topological polar surface area (TPSA) is 86.2 Å². The molecule has 3 rings (SSSR count). The molecule has 0 unspecified atom stereocenters. The first-order valence-electron chi connectivity index (χ1n) is 10.8. The lowest BCUT2D eigenvalue weighted by molar-refractivity contribution is 0.0728. The standard InChI is InChI=1S/C26H25ClN2O5/c1-3-14-33-22-11-9-19(10-12-22)26(31)34-23-13-8-18(15-24(23)32-4-2)17-28-29-25(30)20-6-5-7-21(27)16-20/h5-13,15-17H,3-4,14H2,1-2H3,(H,29,30)/b28-17-. The minimum atomic E-state index is -0.516. The van der Waals surface area contributed by atoms with Crippen LogP contribution in [0.4, 0.5) is 0 Å². The molecular formula is C26H25ClN2O5. The van der Waals surface area contributed by atoms with Crippen molar-refractivity contribution in [1.29, 1.82) is 0 Å². The fourth-order valence-corrected chi connectivity index (χ4v) is 3.07. The van der Waals surface area contributed by atoms with E-state index in [9.17, 15) is 9.59 Å². The molecule has 0 fully saturated rings. The first-order valence-corrected chi connectivity index (χ1v) is 11.2. The number of hydrogen-bond donors (Lipinski definition) is 1. The zero-order chi connectivity index (χ0) is 24.3. The summed E-state index contributed by atoms with van der Waals surface area (Å²) in [6.07, 6.45) is 2.37. The summed E-state index contributed by atoms with van der Waals surface area (Å²) in [6.45, 7) is 4.84. The first kappa shape index (κ1) is 24.8. The first-order chi connectivity index (χ1) is 16.5. The van der Waals surface area contributed by atoms with Gasteiger partial charge in [-0.25, -0.2) is 10.2 Å². The Morgan fingerprint density at radius 1 is 0.941 bits per heavy atom. The Morgan fingerprint density at radius 2 is 1.74 bits per heavy atom. The summed E-state index contributed by atoms with van der Waals surface area (Å²) in [7, 11) is 0. The molecule has 0 saturated carbocycles. The van der Waals surface area contributed by atoms with Gasteiger partial charge in [0.25, 0.3) is 5.91 Å². The molecule has 34 heavy (non-hydrogen) atoms. The quantitative estimate of drug-likeness (QED) is 0.179. The molecule has 0 spiro atoms. The number of hydrogen-bond acceptors (Lipinski definition) is 6. The monoisotopic (exact) mass is 480 g/mol. The van der Waals surface area contributed by atoms with Crippen molar-refractivity contribution in [3.8, 4) is 17.2 Å². The fourth-order valence-electron chi connectivity index (χ4n) is 2.88. The number of amides is 1. The lowest BCUT2D eigenvalue weighted by atomic mass is 10.2. The number of halogens is 1. The lowest BCUT2D eigenvalue weighted by Gasteiger charge is -2.12. The Balaban J connectivity index is 1.66. The Hall–Kier alpha value is -3.84. The summed E-state index contributed by atoms with van der Waals surface area (Å²) in [5.41, 5.74) is 3.88. The van der Waals surface area contributed by atoms with Crippen LogP contribution < -0.4 is 19.6 Å². The number of nitrogens with one attached hydrogen (secondary N) is 1. The van der Waals surface area contributed by atoms with Crippen LogP contribution in [-0.4, -0.2) is 31.3 Å². The van der Waals surface area contributed by atoms with Gasteiger partial charge < -0.3 is 14.2 Å². The summed E-state index contributed by atoms with van der Waals surface area (Å²) in [5.74, 6) is 0.445. The molecule has 0 saturated heterocycles. The van der Waals surface area contributed by atoms with Gasteiger partial charge in [-0.2, -0.15) is 5.10 Å². The molecule has 1 amide bonds. The van der Waals surface area contributed by atoms with Crippen LogP contribution in [0.5, 0.6) is 17.2 Å². The van der Waals surface area contributed by atoms with Gasteiger partial charge in [-0.1, -0.05) is 24.6 Å². The maximum absolute atomic E-state index is 12.6. The molecule has 3 aromatic carbocycles. The Morgan fingerprint density at radius 3 is 2.44 bits per heavy atom. The highest BCUT2D eigenvalue weighted by molar-refractivity contribution is 6.30. The van der Waals surface area contributed by atoms with Crippen LogP contribution in [0, 0.1) is 0 Å². The number of carbonyl (C=O) groups is 2. The molecule has 0 aliphatic heterocycles. The minimum Gasteiger partial charge on any atom is -0.494 e. The molecule has 0 aromatic heterocycles. The molecule has 7 nitrogen and oxygen atoms in total. The molecule has 0 radical (unpaired) electrons.